The topological polar surface area (TPSA) is 43.3 Å². The molecule has 0 aliphatic rings. The Morgan fingerprint density at radius 2 is 1.95 bits per heavy atom. The quantitative estimate of drug-likeness (QED) is 0.850. The van der Waals surface area contributed by atoms with Gasteiger partial charge >= 0.3 is 0 Å². The Balaban J connectivity index is 1.96. The molecule has 0 radical (unpaired) electrons. The zero-order valence-corrected chi connectivity index (χ0v) is 12.1. The number of benzene rings is 1. The van der Waals surface area contributed by atoms with Crippen LogP contribution in [0.1, 0.15) is 34.2 Å². The van der Waals surface area contributed by atoms with Crippen LogP contribution in [-0.4, -0.2) is 10.5 Å². The first-order chi connectivity index (χ1) is 9.63. The maximum atomic E-state index is 12.1. The second kappa shape index (κ2) is 6.39. The number of hydrogen-bond donors (Lipinski definition) is 1. The van der Waals surface area contributed by atoms with E-state index in [1.807, 2.05) is 50.2 Å². The Morgan fingerprint density at radius 1 is 1.25 bits per heavy atom. The molecule has 0 aliphatic heterocycles. The summed E-state index contributed by atoms with van der Waals surface area (Å²) in [7, 11) is 0. The molecule has 1 amide bonds. The van der Waals surface area contributed by atoms with Crippen molar-refractivity contribution in [3.05, 3.63) is 58.9 Å². The molecule has 1 aromatic heterocycles. The number of hydrogen-bond acceptors (Lipinski definition) is 2. The predicted octanol–water partition coefficient (Wildman–Crippen LogP) is 2.99. The molecule has 1 heterocycles. The van der Waals surface area contributed by atoms with E-state index in [2.05, 4.69) is 17.0 Å². The maximum absolute atomic E-state index is 12.1. The lowest BCUT2D eigenvalue weighted by Crippen LogP contribution is -2.24. The van der Waals surface area contributed by atoms with Gasteiger partial charge in [-0.25, -0.2) is 5.48 Å². The molecule has 0 saturated carbocycles. The summed E-state index contributed by atoms with van der Waals surface area (Å²) in [5.41, 5.74) is 6.23. The lowest BCUT2D eigenvalue weighted by Gasteiger charge is -2.07. The van der Waals surface area contributed by atoms with E-state index in [0.717, 1.165) is 23.5 Å². The van der Waals surface area contributed by atoms with Gasteiger partial charge in [0.1, 0.15) is 0 Å². The molecular formula is C16H20N2O2. The van der Waals surface area contributed by atoms with Crippen LogP contribution in [0.4, 0.5) is 0 Å². The van der Waals surface area contributed by atoms with Crippen LogP contribution in [0.2, 0.25) is 0 Å². The van der Waals surface area contributed by atoms with Crippen LogP contribution in [0.3, 0.4) is 0 Å². The van der Waals surface area contributed by atoms with Crippen LogP contribution in [0, 0.1) is 13.8 Å². The zero-order chi connectivity index (χ0) is 14.5. The second-order valence-corrected chi connectivity index (χ2v) is 4.73. The normalized spacial score (nSPS) is 10.6. The van der Waals surface area contributed by atoms with Gasteiger partial charge in [0.15, 0.2) is 0 Å². The van der Waals surface area contributed by atoms with Gasteiger partial charge in [0.05, 0.1) is 12.2 Å². The van der Waals surface area contributed by atoms with Gasteiger partial charge in [-0.05, 0) is 32.4 Å². The van der Waals surface area contributed by atoms with E-state index < -0.39 is 0 Å². The van der Waals surface area contributed by atoms with E-state index in [0.29, 0.717) is 12.2 Å². The van der Waals surface area contributed by atoms with Crippen molar-refractivity contribution in [3.63, 3.8) is 0 Å². The highest BCUT2D eigenvalue weighted by Crippen LogP contribution is 2.14. The third kappa shape index (κ3) is 3.08. The lowest BCUT2D eigenvalue weighted by molar-refractivity contribution is 0.0233. The van der Waals surface area contributed by atoms with Crippen molar-refractivity contribution in [2.75, 3.05) is 0 Å². The largest absolute Gasteiger partial charge is 0.349 e. The van der Waals surface area contributed by atoms with Crippen molar-refractivity contribution in [3.8, 4) is 0 Å². The monoisotopic (exact) mass is 272 g/mol. The summed E-state index contributed by atoms with van der Waals surface area (Å²) in [5, 5.41) is 0. The third-order valence-corrected chi connectivity index (χ3v) is 3.38. The first-order valence-electron chi connectivity index (χ1n) is 6.76. The zero-order valence-electron chi connectivity index (χ0n) is 12.1. The minimum Gasteiger partial charge on any atom is -0.349 e. The van der Waals surface area contributed by atoms with Gasteiger partial charge < -0.3 is 4.57 Å². The Hall–Kier alpha value is -2.07. The summed E-state index contributed by atoms with van der Waals surface area (Å²) in [6.07, 6.45) is 0. The average molecular weight is 272 g/mol. The van der Waals surface area contributed by atoms with Gasteiger partial charge in [-0.3, -0.25) is 9.63 Å². The highest BCUT2D eigenvalue weighted by Gasteiger charge is 2.14. The minimum absolute atomic E-state index is 0.200. The predicted molar refractivity (Wildman–Crippen MR) is 78.3 cm³/mol. The number of amides is 1. The van der Waals surface area contributed by atoms with Crippen molar-refractivity contribution in [2.45, 2.75) is 33.9 Å². The Bertz CT molecular complexity index is 588. The number of aromatic nitrogens is 1. The van der Waals surface area contributed by atoms with Crippen LogP contribution < -0.4 is 5.48 Å². The van der Waals surface area contributed by atoms with Crippen LogP contribution in [0.5, 0.6) is 0 Å². The van der Waals surface area contributed by atoms with Crippen molar-refractivity contribution in [2.24, 2.45) is 0 Å². The van der Waals surface area contributed by atoms with Crippen LogP contribution in [0.25, 0.3) is 0 Å². The fourth-order valence-electron chi connectivity index (χ4n) is 2.33. The van der Waals surface area contributed by atoms with E-state index >= 15 is 0 Å². The van der Waals surface area contributed by atoms with E-state index in [-0.39, 0.29) is 5.91 Å². The van der Waals surface area contributed by atoms with Crippen molar-refractivity contribution < 1.29 is 9.63 Å². The van der Waals surface area contributed by atoms with E-state index in [9.17, 15) is 4.79 Å². The number of nitrogens with one attached hydrogen (secondary N) is 1. The number of aryl methyl sites for hydroxylation is 1. The van der Waals surface area contributed by atoms with E-state index in [1.165, 1.54) is 0 Å². The van der Waals surface area contributed by atoms with Gasteiger partial charge in [0.25, 0.3) is 5.91 Å². The SMILES string of the molecule is CCn1c(C)cc(C(=O)NOCc2ccccc2)c1C. The molecule has 4 nitrogen and oxygen atoms in total. The Labute approximate surface area is 119 Å². The van der Waals surface area contributed by atoms with Gasteiger partial charge in [-0.2, -0.15) is 0 Å². The van der Waals surface area contributed by atoms with E-state index in [4.69, 9.17) is 4.84 Å². The Morgan fingerprint density at radius 3 is 2.55 bits per heavy atom. The molecule has 1 aromatic carbocycles. The van der Waals surface area contributed by atoms with Crippen LogP contribution >= 0.6 is 0 Å². The standard InChI is InChI=1S/C16H20N2O2/c1-4-18-12(2)10-15(13(18)3)16(19)17-20-11-14-8-6-5-7-9-14/h5-10H,4,11H2,1-3H3,(H,17,19). The Kier molecular flexibility index (Phi) is 4.58. The molecule has 0 aliphatic carbocycles. The minimum atomic E-state index is -0.200. The van der Waals surface area contributed by atoms with Crippen LogP contribution in [-0.2, 0) is 18.0 Å². The molecular weight excluding hydrogens is 252 g/mol. The molecule has 2 rings (SSSR count). The number of hydroxylamine groups is 1. The van der Waals surface area contributed by atoms with Gasteiger partial charge in [-0.15, -0.1) is 0 Å². The molecule has 0 spiro atoms. The van der Waals surface area contributed by atoms with Crippen molar-refractivity contribution in [1.29, 1.82) is 0 Å². The number of rotatable bonds is 5. The van der Waals surface area contributed by atoms with Gasteiger partial charge in [0.2, 0.25) is 0 Å². The van der Waals surface area contributed by atoms with E-state index in [1.54, 1.807) is 0 Å². The summed E-state index contributed by atoms with van der Waals surface area (Å²) in [5.74, 6) is -0.200. The molecule has 0 atom stereocenters. The summed E-state index contributed by atoms with van der Waals surface area (Å²) in [6.45, 7) is 7.23. The van der Waals surface area contributed by atoms with Crippen LogP contribution in [0.15, 0.2) is 36.4 Å². The number of carbonyl (C=O) groups excluding carboxylic acids is 1. The van der Waals surface area contributed by atoms with Gasteiger partial charge in [-0.1, -0.05) is 30.3 Å². The summed E-state index contributed by atoms with van der Waals surface area (Å²) >= 11 is 0. The number of nitrogens with zero attached hydrogens (tertiary/aromatic N) is 1. The highest BCUT2D eigenvalue weighted by atomic mass is 16.6. The smallest absolute Gasteiger partial charge is 0.276 e. The maximum Gasteiger partial charge on any atom is 0.276 e. The fraction of sp³-hybridized carbons (Fsp3) is 0.312. The molecule has 20 heavy (non-hydrogen) atoms. The first-order valence-corrected chi connectivity index (χ1v) is 6.76. The molecule has 0 saturated heterocycles. The first kappa shape index (κ1) is 14.3. The fourth-order valence-corrected chi connectivity index (χ4v) is 2.33. The lowest BCUT2D eigenvalue weighted by atomic mass is 10.2. The summed E-state index contributed by atoms with van der Waals surface area (Å²) < 4.78 is 2.10. The summed E-state index contributed by atoms with van der Waals surface area (Å²) in [6, 6.07) is 11.6. The van der Waals surface area contributed by atoms with Gasteiger partial charge in [0, 0.05) is 17.9 Å². The molecule has 1 N–H and O–H groups in total. The molecule has 106 valence electrons. The highest BCUT2D eigenvalue weighted by molar-refractivity contribution is 5.95. The molecule has 0 fully saturated rings. The second-order valence-electron chi connectivity index (χ2n) is 4.73. The third-order valence-electron chi connectivity index (χ3n) is 3.38. The van der Waals surface area contributed by atoms with Crippen molar-refractivity contribution in [1.82, 2.24) is 10.0 Å². The molecule has 4 heteroatoms. The van der Waals surface area contributed by atoms with Crippen molar-refractivity contribution >= 4 is 5.91 Å². The molecule has 2 aromatic rings. The molecule has 0 bridgehead atoms. The molecule has 0 unspecified atom stereocenters. The average Bonchev–Trinajstić information content (AvgIpc) is 2.74. The summed E-state index contributed by atoms with van der Waals surface area (Å²) in [4.78, 5) is 17.4. The number of carbonyl (C=O) groups is 1.